The molecule has 0 atom stereocenters. The van der Waals surface area contributed by atoms with Crippen LogP contribution in [0.1, 0.15) is 40.0 Å². The first-order chi connectivity index (χ1) is 6.49. The van der Waals surface area contributed by atoms with Gasteiger partial charge < -0.3 is 4.90 Å². The summed E-state index contributed by atoms with van der Waals surface area (Å²) in [6.45, 7) is 8.19. The average molecular weight is 195 g/mol. The Balaban J connectivity index is 2.44. The number of carbonyl (C=O) groups is 1. The number of hydrogen-bond acceptors (Lipinski definition) is 1. The van der Waals surface area contributed by atoms with Gasteiger partial charge in [0.25, 0.3) is 0 Å². The van der Waals surface area contributed by atoms with E-state index in [1.165, 1.54) is 6.42 Å². The maximum atomic E-state index is 11.7. The van der Waals surface area contributed by atoms with Gasteiger partial charge in [-0.2, -0.15) is 0 Å². The summed E-state index contributed by atoms with van der Waals surface area (Å²) in [7, 11) is 0. The van der Waals surface area contributed by atoms with E-state index in [1.54, 1.807) is 6.08 Å². The summed E-state index contributed by atoms with van der Waals surface area (Å²) in [6, 6.07) is 0. The zero-order valence-electron chi connectivity index (χ0n) is 9.55. The van der Waals surface area contributed by atoms with Crippen molar-refractivity contribution in [2.75, 3.05) is 13.1 Å². The minimum absolute atomic E-state index is 0.103. The zero-order valence-corrected chi connectivity index (χ0v) is 9.55. The minimum atomic E-state index is 0.103. The highest BCUT2D eigenvalue weighted by atomic mass is 16.2. The molecule has 0 unspecified atom stereocenters. The van der Waals surface area contributed by atoms with Crippen LogP contribution in [0.3, 0.4) is 0 Å². The molecule has 1 fully saturated rings. The first-order valence-electron chi connectivity index (χ1n) is 5.47. The van der Waals surface area contributed by atoms with E-state index >= 15 is 0 Å². The largest absolute Gasteiger partial charge is 0.339 e. The van der Waals surface area contributed by atoms with Crippen LogP contribution >= 0.6 is 0 Å². The van der Waals surface area contributed by atoms with Crippen molar-refractivity contribution in [2.24, 2.45) is 5.41 Å². The van der Waals surface area contributed by atoms with Crippen molar-refractivity contribution in [3.05, 3.63) is 12.2 Å². The molecule has 0 N–H and O–H groups in total. The maximum absolute atomic E-state index is 11.7. The van der Waals surface area contributed by atoms with Crippen LogP contribution in [0.25, 0.3) is 0 Å². The number of carbonyl (C=O) groups excluding carboxylic acids is 1. The molecular weight excluding hydrogens is 174 g/mol. The molecule has 0 aromatic heterocycles. The Hall–Kier alpha value is -0.790. The van der Waals surface area contributed by atoms with Gasteiger partial charge in [-0.05, 0) is 30.8 Å². The summed E-state index contributed by atoms with van der Waals surface area (Å²) in [4.78, 5) is 13.6. The van der Waals surface area contributed by atoms with Gasteiger partial charge in [0, 0.05) is 13.1 Å². The first kappa shape index (κ1) is 11.3. The summed E-state index contributed by atoms with van der Waals surface area (Å²) in [5.74, 6) is 0.180. The van der Waals surface area contributed by atoms with Crippen molar-refractivity contribution in [3.8, 4) is 0 Å². The van der Waals surface area contributed by atoms with Crippen LogP contribution in [0.4, 0.5) is 0 Å². The van der Waals surface area contributed by atoms with Gasteiger partial charge in [-0.15, -0.1) is 0 Å². The number of rotatable bonds is 1. The Labute approximate surface area is 87.0 Å². The second kappa shape index (κ2) is 4.63. The minimum Gasteiger partial charge on any atom is -0.339 e. The van der Waals surface area contributed by atoms with Crippen molar-refractivity contribution in [3.63, 3.8) is 0 Å². The number of amides is 1. The van der Waals surface area contributed by atoms with Crippen LogP contribution in [-0.4, -0.2) is 23.9 Å². The number of allylic oxidation sites excluding steroid dienone is 1. The van der Waals surface area contributed by atoms with E-state index in [0.717, 1.165) is 25.9 Å². The predicted octanol–water partition coefficient (Wildman–Crippen LogP) is 2.60. The van der Waals surface area contributed by atoms with Crippen LogP contribution in [-0.2, 0) is 4.79 Å². The molecule has 2 heteroatoms. The van der Waals surface area contributed by atoms with Crippen molar-refractivity contribution in [1.29, 1.82) is 0 Å². The molecule has 1 saturated heterocycles. The van der Waals surface area contributed by atoms with Gasteiger partial charge in [-0.1, -0.05) is 26.8 Å². The molecule has 0 bridgehead atoms. The molecular formula is C12H21NO. The highest BCUT2D eigenvalue weighted by molar-refractivity contribution is 5.87. The highest BCUT2D eigenvalue weighted by Crippen LogP contribution is 2.15. The van der Waals surface area contributed by atoms with Gasteiger partial charge in [0.2, 0.25) is 5.91 Å². The highest BCUT2D eigenvalue weighted by Gasteiger charge is 2.14. The van der Waals surface area contributed by atoms with Crippen molar-refractivity contribution < 1.29 is 4.79 Å². The number of hydrogen-bond donors (Lipinski definition) is 0. The van der Waals surface area contributed by atoms with E-state index in [2.05, 4.69) is 20.8 Å². The second-order valence-corrected chi connectivity index (χ2v) is 5.09. The van der Waals surface area contributed by atoms with Gasteiger partial charge >= 0.3 is 0 Å². The molecule has 0 aromatic rings. The Morgan fingerprint density at radius 2 is 1.71 bits per heavy atom. The fourth-order valence-electron chi connectivity index (χ4n) is 1.54. The summed E-state index contributed by atoms with van der Waals surface area (Å²) in [6.07, 6.45) is 7.31. The molecule has 1 amide bonds. The third-order valence-corrected chi connectivity index (χ3v) is 2.39. The van der Waals surface area contributed by atoms with E-state index in [1.807, 2.05) is 11.0 Å². The lowest BCUT2D eigenvalue weighted by atomic mass is 9.96. The zero-order chi connectivity index (χ0) is 10.6. The fourth-order valence-corrected chi connectivity index (χ4v) is 1.54. The lowest BCUT2D eigenvalue weighted by molar-refractivity contribution is -0.126. The molecule has 1 aliphatic rings. The lowest BCUT2D eigenvalue weighted by Gasteiger charge is -2.25. The molecule has 0 spiro atoms. The Morgan fingerprint density at radius 3 is 2.21 bits per heavy atom. The molecule has 0 aliphatic carbocycles. The first-order valence-corrected chi connectivity index (χ1v) is 5.47. The second-order valence-electron chi connectivity index (χ2n) is 5.09. The van der Waals surface area contributed by atoms with Crippen LogP contribution in [0.15, 0.2) is 12.2 Å². The van der Waals surface area contributed by atoms with E-state index in [-0.39, 0.29) is 11.3 Å². The van der Waals surface area contributed by atoms with Gasteiger partial charge in [0.05, 0.1) is 0 Å². The van der Waals surface area contributed by atoms with E-state index in [9.17, 15) is 4.79 Å². The Kier molecular flexibility index (Phi) is 3.73. The molecule has 80 valence electrons. The molecule has 0 radical (unpaired) electrons. The summed E-state index contributed by atoms with van der Waals surface area (Å²) < 4.78 is 0. The van der Waals surface area contributed by atoms with Crippen molar-refractivity contribution in [2.45, 2.75) is 40.0 Å². The van der Waals surface area contributed by atoms with E-state index < -0.39 is 0 Å². The van der Waals surface area contributed by atoms with Gasteiger partial charge in [-0.25, -0.2) is 0 Å². The average Bonchev–Trinajstić information content (AvgIpc) is 2.14. The maximum Gasteiger partial charge on any atom is 0.246 e. The number of piperidine rings is 1. The van der Waals surface area contributed by atoms with Gasteiger partial charge in [-0.3, -0.25) is 4.79 Å². The predicted molar refractivity (Wildman–Crippen MR) is 59.0 cm³/mol. The third kappa shape index (κ3) is 3.95. The summed E-state index contributed by atoms with van der Waals surface area (Å²) >= 11 is 0. The number of likely N-dealkylation sites (tertiary alicyclic amines) is 1. The monoisotopic (exact) mass is 195 g/mol. The van der Waals surface area contributed by atoms with Gasteiger partial charge in [0.1, 0.15) is 0 Å². The summed E-state index contributed by atoms with van der Waals surface area (Å²) in [5.41, 5.74) is 0.103. The Morgan fingerprint density at radius 1 is 1.14 bits per heavy atom. The quantitative estimate of drug-likeness (QED) is 0.589. The fraction of sp³-hybridized carbons (Fsp3) is 0.750. The van der Waals surface area contributed by atoms with E-state index in [0.29, 0.717) is 0 Å². The number of nitrogens with zero attached hydrogens (tertiary/aromatic N) is 1. The molecule has 14 heavy (non-hydrogen) atoms. The smallest absolute Gasteiger partial charge is 0.246 e. The molecule has 1 rings (SSSR count). The standard InChI is InChI=1S/C12H21NO/c1-12(2,3)8-7-11(14)13-9-5-4-6-10-13/h7-8H,4-6,9-10H2,1-3H3/b8-7+. The Bertz CT molecular complexity index is 219. The summed E-state index contributed by atoms with van der Waals surface area (Å²) in [5, 5.41) is 0. The van der Waals surface area contributed by atoms with E-state index in [4.69, 9.17) is 0 Å². The molecule has 2 nitrogen and oxygen atoms in total. The van der Waals surface area contributed by atoms with Crippen LogP contribution in [0.5, 0.6) is 0 Å². The van der Waals surface area contributed by atoms with Crippen molar-refractivity contribution >= 4 is 5.91 Å². The molecule has 0 aromatic carbocycles. The van der Waals surface area contributed by atoms with Crippen LogP contribution < -0.4 is 0 Å². The van der Waals surface area contributed by atoms with Crippen molar-refractivity contribution in [1.82, 2.24) is 4.90 Å². The third-order valence-electron chi connectivity index (χ3n) is 2.39. The molecule has 0 saturated carbocycles. The van der Waals surface area contributed by atoms with Gasteiger partial charge in [0.15, 0.2) is 0 Å². The topological polar surface area (TPSA) is 20.3 Å². The molecule has 1 aliphatic heterocycles. The van der Waals surface area contributed by atoms with Crippen LogP contribution in [0.2, 0.25) is 0 Å². The SMILES string of the molecule is CC(C)(C)/C=C/C(=O)N1CCCCC1. The normalized spacial score (nSPS) is 18.9. The lowest BCUT2D eigenvalue weighted by Crippen LogP contribution is -2.34. The van der Waals surface area contributed by atoms with Crippen LogP contribution in [0, 0.1) is 5.41 Å². The molecule has 1 heterocycles.